The van der Waals surface area contributed by atoms with Crippen LogP contribution in [0.5, 0.6) is 0 Å². The summed E-state index contributed by atoms with van der Waals surface area (Å²) in [6, 6.07) is 2.07. The molecule has 0 fully saturated rings. The fourth-order valence-corrected chi connectivity index (χ4v) is 2.05. The summed E-state index contributed by atoms with van der Waals surface area (Å²) in [7, 11) is 0. The summed E-state index contributed by atoms with van der Waals surface area (Å²) < 4.78 is 0. The van der Waals surface area contributed by atoms with Gasteiger partial charge < -0.3 is 5.32 Å². The Bertz CT molecular complexity index is 278. The summed E-state index contributed by atoms with van der Waals surface area (Å²) >= 11 is 3.37. The summed E-state index contributed by atoms with van der Waals surface area (Å²) in [5.41, 5.74) is 1.18. The predicted molar refractivity (Wildman–Crippen MR) is 53.8 cm³/mol. The summed E-state index contributed by atoms with van der Waals surface area (Å²) in [6.07, 6.45) is 1.83. The van der Waals surface area contributed by atoms with Crippen molar-refractivity contribution in [2.24, 2.45) is 0 Å². The normalized spacial score (nSPS) is 10.0. The molecule has 1 N–H and O–H groups in total. The van der Waals surface area contributed by atoms with E-state index < -0.39 is 0 Å². The summed E-state index contributed by atoms with van der Waals surface area (Å²) in [6.45, 7) is 0.828. The molecule has 2 nitrogen and oxygen atoms in total. The molecule has 0 amide bonds. The highest BCUT2D eigenvalue weighted by Gasteiger charge is 1.94. The Hall–Kier alpha value is -0.870. The minimum Gasteiger partial charge on any atom is -0.378 e. The lowest BCUT2D eigenvalue weighted by Crippen LogP contribution is -1.96. The number of rotatable bonds is 3. The van der Waals surface area contributed by atoms with Gasteiger partial charge >= 0.3 is 0 Å². The third kappa shape index (κ3) is 1.84. The first-order chi connectivity index (χ1) is 5.95. The number of nitrogens with one attached hydrogen (secondary N) is 1. The van der Waals surface area contributed by atoms with Crippen molar-refractivity contribution in [3.63, 3.8) is 0 Å². The Kier molecular flexibility index (Phi) is 2.39. The Morgan fingerprint density at radius 2 is 2.42 bits per heavy atom. The fourth-order valence-electron chi connectivity index (χ4n) is 0.883. The zero-order chi connectivity index (χ0) is 8.23. The van der Waals surface area contributed by atoms with Crippen molar-refractivity contribution >= 4 is 28.4 Å². The van der Waals surface area contributed by atoms with E-state index in [-0.39, 0.29) is 0 Å². The summed E-state index contributed by atoms with van der Waals surface area (Å²) in [5.74, 6) is 0. The van der Waals surface area contributed by atoms with Crippen LogP contribution in [0.1, 0.15) is 5.01 Å². The number of thiazole rings is 1. The Balaban J connectivity index is 1.91. The Morgan fingerprint density at radius 1 is 1.42 bits per heavy atom. The highest BCUT2D eigenvalue weighted by Crippen LogP contribution is 2.13. The van der Waals surface area contributed by atoms with E-state index in [1.807, 2.05) is 11.6 Å². The second kappa shape index (κ2) is 3.69. The lowest BCUT2D eigenvalue weighted by molar-refractivity contribution is 1.11. The van der Waals surface area contributed by atoms with E-state index in [9.17, 15) is 0 Å². The van der Waals surface area contributed by atoms with Crippen LogP contribution in [0.3, 0.4) is 0 Å². The summed E-state index contributed by atoms with van der Waals surface area (Å²) in [4.78, 5) is 4.18. The van der Waals surface area contributed by atoms with E-state index in [1.54, 1.807) is 22.7 Å². The molecule has 2 rings (SSSR count). The third-order valence-electron chi connectivity index (χ3n) is 1.45. The van der Waals surface area contributed by atoms with E-state index in [0.717, 1.165) is 11.6 Å². The Labute approximate surface area is 78.9 Å². The molecule has 2 heterocycles. The number of hydrogen-bond acceptors (Lipinski definition) is 4. The van der Waals surface area contributed by atoms with Gasteiger partial charge in [-0.1, -0.05) is 0 Å². The molecule has 0 saturated carbocycles. The summed E-state index contributed by atoms with van der Waals surface area (Å²) in [5, 5.41) is 10.6. The fraction of sp³-hybridized carbons (Fsp3) is 0.125. The standard InChI is InChI=1S/C8H8N2S2/c1-3-11-6-7(1)10-5-8-9-2-4-12-8/h1-4,6,10H,5H2. The molecule has 0 atom stereocenters. The van der Waals surface area contributed by atoms with Gasteiger partial charge in [0.2, 0.25) is 0 Å². The molecule has 0 aliphatic heterocycles. The van der Waals surface area contributed by atoms with Crippen LogP contribution in [-0.2, 0) is 6.54 Å². The van der Waals surface area contributed by atoms with Crippen LogP contribution in [-0.4, -0.2) is 4.98 Å². The molecule has 0 radical (unpaired) electrons. The van der Waals surface area contributed by atoms with Gasteiger partial charge in [-0.15, -0.1) is 11.3 Å². The highest BCUT2D eigenvalue weighted by molar-refractivity contribution is 7.09. The van der Waals surface area contributed by atoms with Crippen LogP contribution in [0.4, 0.5) is 5.69 Å². The smallest absolute Gasteiger partial charge is 0.112 e. The van der Waals surface area contributed by atoms with Gasteiger partial charge in [0.25, 0.3) is 0 Å². The first-order valence-corrected chi connectivity index (χ1v) is 5.42. The quantitative estimate of drug-likeness (QED) is 0.816. The van der Waals surface area contributed by atoms with Crippen molar-refractivity contribution in [2.45, 2.75) is 6.54 Å². The molecule has 2 aromatic heterocycles. The topological polar surface area (TPSA) is 24.9 Å². The molecular weight excluding hydrogens is 188 g/mol. The molecule has 0 bridgehead atoms. The van der Waals surface area contributed by atoms with Crippen LogP contribution in [0.25, 0.3) is 0 Å². The van der Waals surface area contributed by atoms with Crippen molar-refractivity contribution in [3.8, 4) is 0 Å². The third-order valence-corrected chi connectivity index (χ3v) is 2.91. The second-order valence-corrected chi connectivity index (χ2v) is 4.05. The molecule has 0 aliphatic carbocycles. The first-order valence-electron chi connectivity index (χ1n) is 3.59. The van der Waals surface area contributed by atoms with Crippen molar-refractivity contribution in [1.82, 2.24) is 4.98 Å². The highest BCUT2D eigenvalue weighted by atomic mass is 32.1. The maximum atomic E-state index is 4.18. The average molecular weight is 196 g/mol. The lowest BCUT2D eigenvalue weighted by atomic mass is 10.5. The molecule has 0 aliphatic rings. The van der Waals surface area contributed by atoms with Crippen molar-refractivity contribution in [3.05, 3.63) is 33.4 Å². The van der Waals surface area contributed by atoms with E-state index in [2.05, 4.69) is 27.1 Å². The number of anilines is 1. The van der Waals surface area contributed by atoms with Gasteiger partial charge in [-0.25, -0.2) is 4.98 Å². The zero-order valence-electron chi connectivity index (χ0n) is 6.36. The monoisotopic (exact) mass is 196 g/mol. The molecule has 2 aromatic rings. The van der Waals surface area contributed by atoms with E-state index in [0.29, 0.717) is 0 Å². The van der Waals surface area contributed by atoms with Crippen molar-refractivity contribution in [2.75, 3.05) is 5.32 Å². The predicted octanol–water partition coefficient (Wildman–Crippen LogP) is 2.82. The van der Waals surface area contributed by atoms with Crippen LogP contribution in [0.2, 0.25) is 0 Å². The zero-order valence-corrected chi connectivity index (χ0v) is 7.99. The lowest BCUT2D eigenvalue weighted by Gasteiger charge is -1.98. The number of nitrogens with zero attached hydrogens (tertiary/aromatic N) is 1. The number of thiophene rings is 1. The van der Waals surface area contributed by atoms with Crippen LogP contribution in [0.15, 0.2) is 28.4 Å². The van der Waals surface area contributed by atoms with Crippen molar-refractivity contribution in [1.29, 1.82) is 0 Å². The molecule has 0 spiro atoms. The SMILES string of the molecule is c1csc(CNc2ccsc2)n1. The first kappa shape index (κ1) is 7.76. The van der Waals surface area contributed by atoms with E-state index in [4.69, 9.17) is 0 Å². The second-order valence-electron chi connectivity index (χ2n) is 2.29. The largest absolute Gasteiger partial charge is 0.378 e. The maximum absolute atomic E-state index is 4.18. The maximum Gasteiger partial charge on any atom is 0.112 e. The van der Waals surface area contributed by atoms with Crippen LogP contribution < -0.4 is 5.32 Å². The van der Waals surface area contributed by atoms with E-state index in [1.165, 1.54) is 5.69 Å². The van der Waals surface area contributed by atoms with E-state index >= 15 is 0 Å². The van der Waals surface area contributed by atoms with Gasteiger partial charge in [-0.05, 0) is 11.4 Å². The van der Waals surface area contributed by atoms with Crippen LogP contribution >= 0.6 is 22.7 Å². The van der Waals surface area contributed by atoms with Crippen molar-refractivity contribution < 1.29 is 0 Å². The molecular formula is C8H8N2S2. The number of aromatic nitrogens is 1. The van der Waals surface area contributed by atoms with Gasteiger partial charge in [0.15, 0.2) is 0 Å². The molecule has 0 unspecified atom stereocenters. The van der Waals surface area contributed by atoms with Crippen LogP contribution in [0, 0.1) is 0 Å². The minimum absolute atomic E-state index is 0.828. The number of hydrogen-bond donors (Lipinski definition) is 1. The average Bonchev–Trinajstić information content (AvgIpc) is 2.74. The molecule has 0 saturated heterocycles. The molecule has 12 heavy (non-hydrogen) atoms. The molecule has 62 valence electrons. The molecule has 4 heteroatoms. The van der Waals surface area contributed by atoms with Gasteiger partial charge in [0.1, 0.15) is 5.01 Å². The van der Waals surface area contributed by atoms with Gasteiger partial charge in [-0.2, -0.15) is 11.3 Å². The van der Waals surface area contributed by atoms with Gasteiger partial charge in [0, 0.05) is 22.6 Å². The van der Waals surface area contributed by atoms with Gasteiger partial charge in [-0.3, -0.25) is 0 Å². The van der Waals surface area contributed by atoms with Gasteiger partial charge in [0.05, 0.1) is 6.54 Å². The Morgan fingerprint density at radius 3 is 3.08 bits per heavy atom. The minimum atomic E-state index is 0.828. The molecule has 0 aromatic carbocycles.